The highest BCUT2D eigenvalue weighted by atomic mass is 35.5. The van der Waals surface area contributed by atoms with Gasteiger partial charge in [0.25, 0.3) is 0 Å². The molecule has 0 radical (unpaired) electrons. The van der Waals surface area contributed by atoms with E-state index in [-0.39, 0.29) is 17.9 Å². The number of aromatic nitrogens is 2. The average molecular weight is 336 g/mol. The van der Waals surface area contributed by atoms with Gasteiger partial charge in [0.1, 0.15) is 6.04 Å². The third-order valence-electron chi connectivity index (χ3n) is 3.80. The lowest BCUT2D eigenvalue weighted by Gasteiger charge is -2.22. The molecule has 1 saturated heterocycles. The van der Waals surface area contributed by atoms with Gasteiger partial charge >= 0.3 is 0 Å². The molecular formula is C16H18ClN3O3. The van der Waals surface area contributed by atoms with Gasteiger partial charge in [-0.15, -0.1) is 0 Å². The quantitative estimate of drug-likeness (QED) is 0.929. The van der Waals surface area contributed by atoms with Gasteiger partial charge in [-0.25, -0.2) is 0 Å². The highest BCUT2D eigenvalue weighted by Crippen LogP contribution is 2.21. The van der Waals surface area contributed by atoms with Crippen molar-refractivity contribution in [3.63, 3.8) is 0 Å². The van der Waals surface area contributed by atoms with E-state index in [4.69, 9.17) is 20.9 Å². The van der Waals surface area contributed by atoms with Crippen LogP contribution in [0.1, 0.15) is 31.7 Å². The fourth-order valence-electron chi connectivity index (χ4n) is 2.47. The maximum absolute atomic E-state index is 12.2. The van der Waals surface area contributed by atoms with E-state index >= 15 is 0 Å². The molecule has 2 atom stereocenters. The Morgan fingerprint density at radius 2 is 2.17 bits per heavy atom. The van der Waals surface area contributed by atoms with E-state index in [1.807, 2.05) is 19.1 Å². The normalized spacial score (nSPS) is 19.3. The molecule has 1 aromatic heterocycles. The molecular weight excluding hydrogens is 318 g/mol. The monoisotopic (exact) mass is 335 g/mol. The van der Waals surface area contributed by atoms with Crippen LogP contribution >= 0.6 is 11.6 Å². The van der Waals surface area contributed by atoms with E-state index in [0.29, 0.717) is 23.3 Å². The second-order valence-electron chi connectivity index (χ2n) is 5.61. The summed E-state index contributed by atoms with van der Waals surface area (Å²) in [7, 11) is 0. The van der Waals surface area contributed by atoms with Crippen molar-refractivity contribution in [2.24, 2.45) is 5.92 Å². The van der Waals surface area contributed by atoms with Gasteiger partial charge in [0, 0.05) is 17.2 Å². The largest absolute Gasteiger partial charge is 0.381 e. The molecule has 7 heteroatoms. The Kier molecular flexibility index (Phi) is 4.93. The lowest BCUT2D eigenvalue weighted by atomic mass is 10.0. The zero-order valence-electron chi connectivity index (χ0n) is 12.8. The van der Waals surface area contributed by atoms with E-state index in [9.17, 15) is 4.79 Å². The molecule has 2 heterocycles. The van der Waals surface area contributed by atoms with Crippen LogP contribution in [0.25, 0.3) is 11.4 Å². The van der Waals surface area contributed by atoms with Crippen molar-refractivity contribution in [2.75, 3.05) is 13.2 Å². The van der Waals surface area contributed by atoms with Crippen molar-refractivity contribution in [3.05, 3.63) is 35.2 Å². The van der Waals surface area contributed by atoms with Crippen molar-refractivity contribution in [1.29, 1.82) is 0 Å². The molecule has 2 aromatic rings. The molecule has 0 saturated carbocycles. The van der Waals surface area contributed by atoms with Gasteiger partial charge in [-0.3, -0.25) is 4.79 Å². The number of carbonyl (C=O) groups is 1. The minimum Gasteiger partial charge on any atom is -0.381 e. The molecule has 0 aliphatic carbocycles. The minimum atomic E-state index is -0.349. The number of hydrogen-bond donors (Lipinski definition) is 1. The summed E-state index contributed by atoms with van der Waals surface area (Å²) >= 11 is 5.86. The molecule has 1 amide bonds. The third kappa shape index (κ3) is 3.89. The number of ether oxygens (including phenoxy) is 1. The first kappa shape index (κ1) is 16.0. The maximum Gasteiger partial charge on any atom is 0.249 e. The summed E-state index contributed by atoms with van der Waals surface area (Å²) < 4.78 is 10.6. The number of benzene rings is 1. The number of carbonyl (C=O) groups excluding carboxylic acids is 1. The first-order chi connectivity index (χ1) is 11.1. The molecule has 122 valence electrons. The number of amides is 1. The van der Waals surface area contributed by atoms with Crippen LogP contribution < -0.4 is 5.32 Å². The van der Waals surface area contributed by atoms with Crippen LogP contribution in [0.15, 0.2) is 28.8 Å². The fourth-order valence-corrected chi connectivity index (χ4v) is 2.59. The number of hydrogen-bond acceptors (Lipinski definition) is 5. The molecule has 1 fully saturated rings. The Morgan fingerprint density at radius 3 is 2.87 bits per heavy atom. The van der Waals surface area contributed by atoms with Crippen LogP contribution in [-0.2, 0) is 9.53 Å². The Labute approximate surface area is 139 Å². The zero-order valence-corrected chi connectivity index (χ0v) is 13.5. The molecule has 1 aromatic carbocycles. The highest BCUT2D eigenvalue weighted by Gasteiger charge is 2.25. The number of rotatable bonds is 4. The van der Waals surface area contributed by atoms with Crippen LogP contribution in [0.4, 0.5) is 0 Å². The third-order valence-corrected chi connectivity index (χ3v) is 4.06. The summed E-state index contributed by atoms with van der Waals surface area (Å²) in [5.74, 6) is 0.701. The van der Waals surface area contributed by atoms with Crippen LogP contribution in [0.2, 0.25) is 5.02 Å². The standard InChI is InChI=1S/C16H18ClN3O3/c1-10(18-15(21)12-3-2-8-22-9-12)16-19-14(20-23-16)11-4-6-13(17)7-5-11/h4-7,10,12H,2-3,8-9H2,1H3,(H,18,21)/t10-,12-/m1/s1. The number of nitrogens with one attached hydrogen (secondary N) is 1. The first-order valence-corrected chi connectivity index (χ1v) is 7.99. The van der Waals surface area contributed by atoms with E-state index in [2.05, 4.69) is 15.5 Å². The van der Waals surface area contributed by atoms with Crippen LogP contribution in [0.3, 0.4) is 0 Å². The molecule has 3 rings (SSSR count). The van der Waals surface area contributed by atoms with Gasteiger partial charge in [0.2, 0.25) is 17.6 Å². The van der Waals surface area contributed by atoms with Gasteiger partial charge in [-0.1, -0.05) is 16.8 Å². The van der Waals surface area contributed by atoms with Gasteiger partial charge in [-0.2, -0.15) is 4.98 Å². The summed E-state index contributed by atoms with van der Waals surface area (Å²) in [5, 5.41) is 7.50. The van der Waals surface area contributed by atoms with E-state index in [1.165, 1.54) is 0 Å². The number of nitrogens with zero attached hydrogens (tertiary/aromatic N) is 2. The van der Waals surface area contributed by atoms with Crippen molar-refractivity contribution in [2.45, 2.75) is 25.8 Å². The molecule has 0 bridgehead atoms. The highest BCUT2D eigenvalue weighted by molar-refractivity contribution is 6.30. The smallest absolute Gasteiger partial charge is 0.249 e. The van der Waals surface area contributed by atoms with Crippen LogP contribution in [0, 0.1) is 5.92 Å². The SMILES string of the molecule is C[C@@H](NC(=O)[C@@H]1CCCOC1)c1nc(-c2ccc(Cl)cc2)no1. The summed E-state index contributed by atoms with van der Waals surface area (Å²) in [6.07, 6.45) is 1.76. The predicted molar refractivity (Wildman–Crippen MR) is 84.8 cm³/mol. The Balaban J connectivity index is 1.64. The van der Waals surface area contributed by atoms with Gasteiger partial charge in [0.15, 0.2) is 0 Å². The summed E-state index contributed by atoms with van der Waals surface area (Å²) in [6, 6.07) is 6.82. The van der Waals surface area contributed by atoms with Crippen LogP contribution in [0.5, 0.6) is 0 Å². The predicted octanol–water partition coefficient (Wildman–Crippen LogP) is 2.99. The maximum atomic E-state index is 12.2. The molecule has 1 aliphatic heterocycles. The Morgan fingerprint density at radius 1 is 1.39 bits per heavy atom. The van der Waals surface area contributed by atoms with E-state index < -0.39 is 0 Å². The minimum absolute atomic E-state index is 0.0385. The summed E-state index contributed by atoms with van der Waals surface area (Å²) in [6.45, 7) is 3.02. The zero-order chi connectivity index (χ0) is 16.2. The van der Waals surface area contributed by atoms with Crippen LogP contribution in [-0.4, -0.2) is 29.3 Å². The average Bonchev–Trinajstić information content (AvgIpc) is 3.06. The second-order valence-corrected chi connectivity index (χ2v) is 6.04. The molecule has 1 aliphatic rings. The Hall–Kier alpha value is -1.92. The first-order valence-electron chi connectivity index (χ1n) is 7.61. The fraction of sp³-hybridized carbons (Fsp3) is 0.438. The molecule has 1 N–H and O–H groups in total. The molecule has 23 heavy (non-hydrogen) atoms. The van der Waals surface area contributed by atoms with Gasteiger partial charge in [-0.05, 0) is 44.0 Å². The Bertz CT molecular complexity index is 665. The molecule has 6 nitrogen and oxygen atoms in total. The molecule has 0 spiro atoms. The van der Waals surface area contributed by atoms with Gasteiger partial charge in [0.05, 0.1) is 12.5 Å². The van der Waals surface area contributed by atoms with E-state index in [0.717, 1.165) is 25.0 Å². The molecule has 0 unspecified atom stereocenters. The van der Waals surface area contributed by atoms with Crippen molar-refractivity contribution in [1.82, 2.24) is 15.5 Å². The van der Waals surface area contributed by atoms with E-state index in [1.54, 1.807) is 12.1 Å². The van der Waals surface area contributed by atoms with Crippen molar-refractivity contribution >= 4 is 17.5 Å². The van der Waals surface area contributed by atoms with Crippen molar-refractivity contribution in [3.8, 4) is 11.4 Å². The van der Waals surface area contributed by atoms with Crippen molar-refractivity contribution < 1.29 is 14.1 Å². The topological polar surface area (TPSA) is 77.2 Å². The summed E-state index contributed by atoms with van der Waals surface area (Å²) in [4.78, 5) is 16.5. The lowest BCUT2D eigenvalue weighted by molar-refractivity contribution is -0.129. The second kappa shape index (κ2) is 7.10. The summed E-state index contributed by atoms with van der Waals surface area (Å²) in [5.41, 5.74) is 0.809. The number of halogens is 1. The lowest BCUT2D eigenvalue weighted by Crippen LogP contribution is -2.37. The van der Waals surface area contributed by atoms with Gasteiger partial charge < -0.3 is 14.6 Å².